The number of pyridine rings is 1. The maximum atomic E-state index is 12.7. The molecule has 2 heterocycles. The van der Waals surface area contributed by atoms with E-state index >= 15 is 0 Å². The van der Waals surface area contributed by atoms with Crippen molar-refractivity contribution in [3.8, 4) is 0 Å². The topological polar surface area (TPSA) is 88.8 Å². The van der Waals surface area contributed by atoms with Crippen LogP contribution in [-0.4, -0.2) is 60.1 Å². The van der Waals surface area contributed by atoms with E-state index in [1.807, 2.05) is 24.8 Å². The summed E-state index contributed by atoms with van der Waals surface area (Å²) in [6.07, 6.45) is 3.97. The van der Waals surface area contributed by atoms with Crippen LogP contribution in [0.5, 0.6) is 0 Å². The number of anilines is 1. The molecule has 0 bridgehead atoms. The summed E-state index contributed by atoms with van der Waals surface area (Å²) in [7, 11) is 0. The van der Waals surface area contributed by atoms with E-state index in [-0.39, 0.29) is 24.3 Å². The fourth-order valence-corrected chi connectivity index (χ4v) is 3.25. The maximum absolute atomic E-state index is 12.7. The summed E-state index contributed by atoms with van der Waals surface area (Å²) < 4.78 is 4.98. The van der Waals surface area contributed by atoms with Gasteiger partial charge >= 0.3 is 5.97 Å². The number of hydrogen-bond acceptors (Lipinski definition) is 6. The molecule has 1 unspecified atom stereocenters. The summed E-state index contributed by atoms with van der Waals surface area (Å²) >= 11 is 0. The number of carbonyl (C=O) groups is 2. The van der Waals surface area contributed by atoms with Crippen LogP contribution in [0.2, 0.25) is 0 Å². The standard InChI is InChI=1S/C19H30N4O3.ClH/c1-4-9-19(3,20)18(25)23-11-6-10-22(12-13-23)16-8-7-15(14-21-16)17(24)26-5-2;/h7-8,14H,4-6,9-13,20H2,1-3H3;1H. The van der Waals surface area contributed by atoms with Gasteiger partial charge in [-0.3, -0.25) is 4.79 Å². The van der Waals surface area contributed by atoms with Gasteiger partial charge in [0.05, 0.1) is 17.7 Å². The molecule has 1 saturated heterocycles. The Morgan fingerprint density at radius 2 is 1.96 bits per heavy atom. The Balaban J connectivity index is 0.00000364. The average Bonchev–Trinajstić information content (AvgIpc) is 2.87. The van der Waals surface area contributed by atoms with Crippen molar-refractivity contribution in [3.63, 3.8) is 0 Å². The van der Waals surface area contributed by atoms with E-state index in [9.17, 15) is 9.59 Å². The molecule has 1 atom stereocenters. The van der Waals surface area contributed by atoms with Gasteiger partial charge in [0.15, 0.2) is 0 Å². The van der Waals surface area contributed by atoms with Crippen LogP contribution < -0.4 is 10.6 Å². The van der Waals surface area contributed by atoms with E-state index in [2.05, 4.69) is 9.88 Å². The number of nitrogens with zero attached hydrogens (tertiary/aromatic N) is 3. The summed E-state index contributed by atoms with van der Waals surface area (Å²) in [5, 5.41) is 0. The summed E-state index contributed by atoms with van der Waals surface area (Å²) in [5.41, 5.74) is 5.85. The van der Waals surface area contributed by atoms with Gasteiger partial charge in [0.1, 0.15) is 5.82 Å². The molecule has 0 spiro atoms. The molecule has 27 heavy (non-hydrogen) atoms. The first-order valence-electron chi connectivity index (χ1n) is 9.35. The Labute approximate surface area is 167 Å². The van der Waals surface area contributed by atoms with E-state index in [1.165, 1.54) is 0 Å². The molecule has 7 nitrogen and oxygen atoms in total. The van der Waals surface area contributed by atoms with Gasteiger partial charge in [-0.15, -0.1) is 12.4 Å². The highest BCUT2D eigenvalue weighted by Crippen LogP contribution is 2.18. The van der Waals surface area contributed by atoms with Crippen molar-refractivity contribution in [2.75, 3.05) is 37.7 Å². The molecule has 1 aliphatic rings. The van der Waals surface area contributed by atoms with Gasteiger partial charge in [-0.25, -0.2) is 9.78 Å². The molecule has 1 aromatic rings. The lowest BCUT2D eigenvalue weighted by atomic mass is 9.95. The minimum absolute atomic E-state index is 0. The van der Waals surface area contributed by atoms with Crippen molar-refractivity contribution in [2.45, 2.75) is 45.6 Å². The minimum atomic E-state index is -0.802. The van der Waals surface area contributed by atoms with Gasteiger partial charge in [0, 0.05) is 32.4 Å². The molecule has 1 aliphatic heterocycles. The van der Waals surface area contributed by atoms with E-state index in [1.54, 1.807) is 19.2 Å². The fourth-order valence-electron chi connectivity index (χ4n) is 3.25. The number of amides is 1. The lowest BCUT2D eigenvalue weighted by Crippen LogP contribution is -2.54. The van der Waals surface area contributed by atoms with Crippen LogP contribution in [0, 0.1) is 0 Å². The highest BCUT2D eigenvalue weighted by atomic mass is 35.5. The summed E-state index contributed by atoms with van der Waals surface area (Å²) in [4.78, 5) is 32.8. The number of halogens is 1. The predicted molar refractivity (Wildman–Crippen MR) is 108 cm³/mol. The lowest BCUT2D eigenvalue weighted by Gasteiger charge is -2.31. The summed E-state index contributed by atoms with van der Waals surface area (Å²) in [6, 6.07) is 3.56. The molecule has 1 aromatic heterocycles. The maximum Gasteiger partial charge on any atom is 0.339 e. The van der Waals surface area contributed by atoms with E-state index in [4.69, 9.17) is 10.5 Å². The summed E-state index contributed by atoms with van der Waals surface area (Å²) in [6.45, 7) is 8.80. The second-order valence-corrected chi connectivity index (χ2v) is 6.93. The molecular weight excluding hydrogens is 368 g/mol. The third kappa shape index (κ3) is 6.07. The number of carbonyl (C=O) groups excluding carboxylic acids is 2. The molecular formula is C19H31ClN4O3. The highest BCUT2D eigenvalue weighted by Gasteiger charge is 2.32. The molecule has 0 saturated carbocycles. The molecule has 1 fully saturated rings. The largest absolute Gasteiger partial charge is 0.462 e. The predicted octanol–water partition coefficient (Wildman–Crippen LogP) is 2.24. The zero-order valence-corrected chi connectivity index (χ0v) is 17.3. The Bertz CT molecular complexity index is 622. The zero-order valence-electron chi connectivity index (χ0n) is 16.4. The van der Waals surface area contributed by atoms with Crippen LogP contribution in [0.4, 0.5) is 5.82 Å². The Morgan fingerprint density at radius 3 is 2.56 bits per heavy atom. The van der Waals surface area contributed by atoms with Crippen molar-refractivity contribution in [1.82, 2.24) is 9.88 Å². The third-order valence-corrected chi connectivity index (χ3v) is 4.62. The van der Waals surface area contributed by atoms with E-state index in [0.717, 1.165) is 25.2 Å². The first-order valence-corrected chi connectivity index (χ1v) is 9.35. The zero-order chi connectivity index (χ0) is 19.2. The van der Waals surface area contributed by atoms with Gasteiger partial charge in [-0.2, -0.15) is 0 Å². The van der Waals surface area contributed by atoms with Crippen molar-refractivity contribution in [3.05, 3.63) is 23.9 Å². The molecule has 2 rings (SSSR count). The van der Waals surface area contributed by atoms with Gasteiger partial charge in [-0.1, -0.05) is 13.3 Å². The number of hydrogen-bond donors (Lipinski definition) is 1. The van der Waals surface area contributed by atoms with Crippen molar-refractivity contribution in [1.29, 1.82) is 0 Å². The van der Waals surface area contributed by atoms with Crippen LogP contribution in [0.15, 0.2) is 18.3 Å². The van der Waals surface area contributed by atoms with Crippen LogP contribution in [0.25, 0.3) is 0 Å². The van der Waals surface area contributed by atoms with Crippen LogP contribution in [0.1, 0.15) is 50.4 Å². The Morgan fingerprint density at radius 1 is 1.22 bits per heavy atom. The van der Waals surface area contributed by atoms with Crippen molar-refractivity contribution < 1.29 is 14.3 Å². The second kappa shape index (κ2) is 10.5. The van der Waals surface area contributed by atoms with Gasteiger partial charge in [0.2, 0.25) is 5.91 Å². The van der Waals surface area contributed by atoms with Gasteiger partial charge in [0.25, 0.3) is 0 Å². The molecule has 0 aromatic carbocycles. The average molecular weight is 399 g/mol. The number of rotatable bonds is 6. The number of nitrogens with two attached hydrogens (primary N) is 1. The second-order valence-electron chi connectivity index (χ2n) is 6.93. The van der Waals surface area contributed by atoms with E-state index in [0.29, 0.717) is 38.2 Å². The molecule has 8 heteroatoms. The van der Waals surface area contributed by atoms with Crippen LogP contribution in [-0.2, 0) is 9.53 Å². The van der Waals surface area contributed by atoms with Gasteiger partial charge < -0.3 is 20.3 Å². The molecule has 2 N–H and O–H groups in total. The smallest absolute Gasteiger partial charge is 0.339 e. The normalized spacial score (nSPS) is 16.7. The number of aromatic nitrogens is 1. The fraction of sp³-hybridized carbons (Fsp3) is 0.632. The molecule has 0 radical (unpaired) electrons. The first kappa shape index (κ1) is 23.2. The number of esters is 1. The molecule has 0 aliphatic carbocycles. The monoisotopic (exact) mass is 398 g/mol. The lowest BCUT2D eigenvalue weighted by molar-refractivity contribution is -0.136. The van der Waals surface area contributed by atoms with Gasteiger partial charge in [-0.05, 0) is 38.8 Å². The Hall–Kier alpha value is -1.86. The highest BCUT2D eigenvalue weighted by molar-refractivity contribution is 5.89. The molecule has 1 amide bonds. The van der Waals surface area contributed by atoms with Crippen LogP contribution in [0.3, 0.4) is 0 Å². The third-order valence-electron chi connectivity index (χ3n) is 4.62. The molecule has 152 valence electrons. The quantitative estimate of drug-likeness (QED) is 0.739. The van der Waals surface area contributed by atoms with Crippen molar-refractivity contribution in [2.24, 2.45) is 5.73 Å². The minimum Gasteiger partial charge on any atom is -0.462 e. The van der Waals surface area contributed by atoms with Crippen molar-refractivity contribution >= 4 is 30.1 Å². The number of ether oxygens (including phenoxy) is 1. The van der Waals surface area contributed by atoms with Crippen LogP contribution >= 0.6 is 12.4 Å². The SMILES string of the molecule is CCCC(C)(N)C(=O)N1CCCN(c2ccc(C(=O)OCC)cn2)CC1.Cl. The van der Waals surface area contributed by atoms with E-state index < -0.39 is 5.54 Å². The Kier molecular flexibility index (Phi) is 8.99. The first-order chi connectivity index (χ1) is 12.4. The summed E-state index contributed by atoms with van der Waals surface area (Å²) in [5.74, 6) is 0.459.